The van der Waals surface area contributed by atoms with Crippen molar-refractivity contribution in [1.29, 1.82) is 0 Å². The highest BCUT2D eigenvalue weighted by Gasteiger charge is 2.41. The first-order valence-corrected chi connectivity index (χ1v) is 6.24. The average Bonchev–Trinajstić information content (AvgIpc) is 2.26. The summed E-state index contributed by atoms with van der Waals surface area (Å²) in [5.41, 5.74) is 0.526. The summed E-state index contributed by atoms with van der Waals surface area (Å²) in [4.78, 5) is 0. The zero-order valence-corrected chi connectivity index (χ0v) is 10.7. The van der Waals surface area contributed by atoms with Crippen molar-refractivity contribution < 1.29 is 9.13 Å². The summed E-state index contributed by atoms with van der Waals surface area (Å²) in [6.45, 7) is 2.12. The van der Waals surface area contributed by atoms with Crippen molar-refractivity contribution in [3.05, 3.63) is 34.6 Å². The van der Waals surface area contributed by atoms with Gasteiger partial charge in [-0.2, -0.15) is 0 Å². The van der Waals surface area contributed by atoms with Gasteiger partial charge in [-0.05, 0) is 44.6 Å². The molecule has 4 heteroatoms. The molecular formula is C13H17ClFNO. The van der Waals surface area contributed by atoms with Gasteiger partial charge in [-0.15, -0.1) is 0 Å². The van der Waals surface area contributed by atoms with Crippen molar-refractivity contribution in [2.45, 2.75) is 18.3 Å². The van der Waals surface area contributed by atoms with Gasteiger partial charge in [0.2, 0.25) is 0 Å². The number of hydrogen-bond donors (Lipinski definition) is 1. The van der Waals surface area contributed by atoms with E-state index in [2.05, 4.69) is 5.32 Å². The first-order chi connectivity index (χ1) is 8.18. The Morgan fingerprint density at radius 2 is 2.24 bits per heavy atom. The van der Waals surface area contributed by atoms with Crippen LogP contribution in [-0.2, 0) is 10.2 Å². The fourth-order valence-electron chi connectivity index (χ4n) is 2.29. The minimum absolute atomic E-state index is 0.175. The van der Waals surface area contributed by atoms with Crippen molar-refractivity contribution >= 4 is 11.6 Å². The Morgan fingerprint density at radius 1 is 1.47 bits per heavy atom. The summed E-state index contributed by atoms with van der Waals surface area (Å²) in [5, 5.41) is 3.69. The minimum atomic E-state index is -0.179. The summed E-state index contributed by atoms with van der Waals surface area (Å²) < 4.78 is 19.2. The molecule has 1 N–H and O–H groups in total. The fraction of sp³-hybridized carbons (Fsp3) is 0.538. The topological polar surface area (TPSA) is 21.3 Å². The average molecular weight is 258 g/mol. The van der Waals surface area contributed by atoms with E-state index < -0.39 is 0 Å². The van der Waals surface area contributed by atoms with E-state index in [4.69, 9.17) is 16.3 Å². The third-order valence-corrected chi connectivity index (χ3v) is 3.57. The van der Waals surface area contributed by atoms with Crippen LogP contribution in [0.5, 0.6) is 0 Å². The highest BCUT2D eigenvalue weighted by Crippen LogP contribution is 2.39. The van der Waals surface area contributed by atoms with Gasteiger partial charge in [0.1, 0.15) is 5.82 Å². The van der Waals surface area contributed by atoms with E-state index in [9.17, 15) is 4.39 Å². The van der Waals surface area contributed by atoms with Gasteiger partial charge in [-0.3, -0.25) is 0 Å². The second kappa shape index (κ2) is 5.34. The number of nitrogens with one attached hydrogen (secondary N) is 1. The van der Waals surface area contributed by atoms with E-state index in [1.807, 2.05) is 7.05 Å². The third kappa shape index (κ3) is 2.62. The van der Waals surface area contributed by atoms with Crippen LogP contribution in [0.1, 0.15) is 18.4 Å². The van der Waals surface area contributed by atoms with E-state index in [-0.39, 0.29) is 11.2 Å². The lowest BCUT2D eigenvalue weighted by Gasteiger charge is -2.42. The Hall–Kier alpha value is -0.640. The van der Waals surface area contributed by atoms with Crippen molar-refractivity contribution in [2.75, 3.05) is 26.8 Å². The summed E-state index contributed by atoms with van der Waals surface area (Å²) in [6.07, 6.45) is 1.93. The van der Waals surface area contributed by atoms with Gasteiger partial charge in [-0.25, -0.2) is 4.39 Å². The molecule has 0 aromatic heterocycles. The smallest absolute Gasteiger partial charge is 0.127 e. The van der Waals surface area contributed by atoms with Crippen molar-refractivity contribution in [3.8, 4) is 0 Å². The van der Waals surface area contributed by atoms with Gasteiger partial charge in [0.15, 0.2) is 0 Å². The van der Waals surface area contributed by atoms with Crippen molar-refractivity contribution in [2.24, 2.45) is 0 Å². The molecule has 94 valence electrons. The summed E-state index contributed by atoms with van der Waals surface area (Å²) in [7, 11) is 1.92. The van der Waals surface area contributed by atoms with Crippen LogP contribution in [0.4, 0.5) is 4.39 Å². The summed E-state index contributed by atoms with van der Waals surface area (Å²) >= 11 is 5.95. The Balaban J connectivity index is 2.18. The molecule has 0 atom stereocenters. The molecule has 0 saturated carbocycles. The third-order valence-electron chi connectivity index (χ3n) is 3.34. The molecule has 1 aliphatic heterocycles. The van der Waals surface area contributed by atoms with Crippen LogP contribution >= 0.6 is 11.6 Å². The molecule has 1 fully saturated rings. The predicted octanol–water partition coefficient (Wildman–Crippen LogP) is 2.75. The summed E-state index contributed by atoms with van der Waals surface area (Å²) in [6, 6.07) is 4.76. The normalized spacial score (nSPS) is 17.8. The molecule has 0 radical (unpaired) electrons. The molecule has 0 bridgehead atoms. The van der Waals surface area contributed by atoms with Crippen LogP contribution in [0.2, 0.25) is 5.02 Å². The molecule has 17 heavy (non-hydrogen) atoms. The zero-order valence-electron chi connectivity index (χ0n) is 9.93. The number of ether oxygens (including phenoxy) is 1. The van der Waals surface area contributed by atoms with Gasteiger partial charge in [0.25, 0.3) is 0 Å². The largest absolute Gasteiger partial charge is 0.379 e. The second-order valence-corrected chi connectivity index (χ2v) is 5.04. The number of benzene rings is 1. The molecule has 1 aromatic rings. The number of halogens is 2. The van der Waals surface area contributed by atoms with E-state index in [0.29, 0.717) is 23.8 Å². The van der Waals surface area contributed by atoms with Crippen LogP contribution in [0.3, 0.4) is 0 Å². The molecule has 1 saturated heterocycles. The SMILES string of the molecule is CNCCCC1(c2cc(Cl)ccc2F)COC1. The maximum Gasteiger partial charge on any atom is 0.127 e. The van der Waals surface area contributed by atoms with E-state index in [1.54, 1.807) is 12.1 Å². The van der Waals surface area contributed by atoms with Crippen LogP contribution in [0.15, 0.2) is 18.2 Å². The van der Waals surface area contributed by atoms with E-state index in [1.165, 1.54) is 6.07 Å². The maximum atomic E-state index is 13.9. The predicted molar refractivity (Wildman–Crippen MR) is 67.1 cm³/mol. The molecular weight excluding hydrogens is 241 g/mol. The first-order valence-electron chi connectivity index (χ1n) is 5.86. The maximum absolute atomic E-state index is 13.9. The van der Waals surface area contributed by atoms with E-state index >= 15 is 0 Å². The lowest BCUT2D eigenvalue weighted by atomic mass is 9.75. The van der Waals surface area contributed by atoms with E-state index in [0.717, 1.165) is 19.4 Å². The van der Waals surface area contributed by atoms with Gasteiger partial charge in [0, 0.05) is 16.0 Å². The van der Waals surface area contributed by atoms with Crippen LogP contribution in [-0.4, -0.2) is 26.8 Å². The van der Waals surface area contributed by atoms with Crippen molar-refractivity contribution in [3.63, 3.8) is 0 Å². The van der Waals surface area contributed by atoms with Gasteiger partial charge in [-0.1, -0.05) is 11.6 Å². The van der Waals surface area contributed by atoms with Crippen molar-refractivity contribution in [1.82, 2.24) is 5.32 Å². The molecule has 0 unspecified atom stereocenters. The molecule has 0 spiro atoms. The highest BCUT2D eigenvalue weighted by atomic mass is 35.5. The Kier molecular flexibility index (Phi) is 4.02. The second-order valence-electron chi connectivity index (χ2n) is 4.60. The quantitative estimate of drug-likeness (QED) is 0.819. The molecule has 0 aliphatic carbocycles. The first kappa shape index (κ1) is 12.8. The van der Waals surface area contributed by atoms with Crippen LogP contribution < -0.4 is 5.32 Å². The zero-order chi connectivity index (χ0) is 12.3. The molecule has 1 aliphatic rings. The lowest BCUT2D eigenvalue weighted by Crippen LogP contribution is -2.47. The number of hydrogen-bond acceptors (Lipinski definition) is 2. The van der Waals surface area contributed by atoms with Gasteiger partial charge in [0.05, 0.1) is 13.2 Å². The molecule has 1 aromatic carbocycles. The van der Waals surface area contributed by atoms with Crippen LogP contribution in [0, 0.1) is 5.82 Å². The van der Waals surface area contributed by atoms with Gasteiger partial charge < -0.3 is 10.1 Å². The fourth-order valence-corrected chi connectivity index (χ4v) is 2.46. The lowest BCUT2D eigenvalue weighted by molar-refractivity contribution is -0.0666. The van der Waals surface area contributed by atoms with Crippen LogP contribution in [0.25, 0.3) is 0 Å². The standard InChI is InChI=1S/C13H17ClFNO/c1-16-6-2-5-13(8-17-9-13)11-7-10(14)3-4-12(11)15/h3-4,7,16H,2,5-6,8-9H2,1H3. The Bertz CT molecular complexity index is 393. The molecule has 0 amide bonds. The molecule has 2 rings (SSSR count). The Labute approximate surface area is 106 Å². The monoisotopic (exact) mass is 257 g/mol. The molecule has 1 heterocycles. The van der Waals surface area contributed by atoms with Gasteiger partial charge >= 0.3 is 0 Å². The molecule has 2 nitrogen and oxygen atoms in total. The highest BCUT2D eigenvalue weighted by molar-refractivity contribution is 6.30. The Morgan fingerprint density at radius 3 is 2.82 bits per heavy atom. The number of rotatable bonds is 5. The summed E-state index contributed by atoms with van der Waals surface area (Å²) in [5.74, 6) is -0.179. The minimum Gasteiger partial charge on any atom is -0.379 e.